The number of hydrogen-bond donors (Lipinski definition) is 0. The van der Waals surface area contributed by atoms with Gasteiger partial charge in [0.25, 0.3) is 0 Å². The van der Waals surface area contributed by atoms with Crippen LogP contribution < -0.4 is 0 Å². The van der Waals surface area contributed by atoms with Gasteiger partial charge in [0.15, 0.2) is 5.82 Å². The van der Waals surface area contributed by atoms with E-state index < -0.39 is 5.41 Å². The molecule has 11 aromatic rings. The Hall–Kier alpha value is -8.14. The number of hydrogen-bond acceptors (Lipinski definition) is 3. The summed E-state index contributed by atoms with van der Waals surface area (Å²) in [7, 11) is 0. The third-order valence-electron chi connectivity index (χ3n) is 12.6. The van der Waals surface area contributed by atoms with Crippen molar-refractivity contribution in [3.05, 3.63) is 253 Å². The number of para-hydroxylation sites is 2. The molecule has 0 bridgehead atoms. The normalized spacial score (nSPS) is 12.6. The molecular formula is C59H38N2O. The minimum atomic E-state index is -0.474. The number of benzene rings is 9. The molecule has 62 heavy (non-hydrogen) atoms. The second kappa shape index (κ2) is 14.5. The van der Waals surface area contributed by atoms with Crippen LogP contribution in [-0.2, 0) is 5.41 Å². The minimum Gasteiger partial charge on any atom is -0.455 e. The molecule has 0 fully saturated rings. The highest BCUT2D eigenvalue weighted by Crippen LogP contribution is 2.56. The second-order valence-corrected chi connectivity index (χ2v) is 16.1. The molecule has 0 saturated heterocycles. The maximum absolute atomic E-state index is 6.46. The van der Waals surface area contributed by atoms with Crippen LogP contribution in [0.3, 0.4) is 0 Å². The van der Waals surface area contributed by atoms with Crippen LogP contribution in [-0.4, -0.2) is 9.97 Å². The lowest BCUT2D eigenvalue weighted by Gasteiger charge is -2.34. The van der Waals surface area contributed by atoms with E-state index in [1.54, 1.807) is 0 Å². The van der Waals surface area contributed by atoms with Gasteiger partial charge in [0.1, 0.15) is 11.2 Å². The molecule has 3 nitrogen and oxygen atoms in total. The van der Waals surface area contributed by atoms with Gasteiger partial charge in [0.2, 0.25) is 0 Å². The van der Waals surface area contributed by atoms with E-state index in [4.69, 9.17) is 14.4 Å². The first-order valence-electron chi connectivity index (χ1n) is 21.1. The maximum Gasteiger partial charge on any atom is 0.160 e. The molecule has 0 atom stereocenters. The minimum absolute atomic E-state index is 0.474. The van der Waals surface area contributed by atoms with E-state index in [9.17, 15) is 0 Å². The Balaban J connectivity index is 0.994. The van der Waals surface area contributed by atoms with E-state index in [-0.39, 0.29) is 0 Å². The lowest BCUT2D eigenvalue weighted by Crippen LogP contribution is -2.28. The highest BCUT2D eigenvalue weighted by Gasteiger charge is 2.46. The van der Waals surface area contributed by atoms with Crippen molar-refractivity contribution in [2.24, 2.45) is 0 Å². The zero-order chi connectivity index (χ0) is 41.0. The Labute approximate surface area is 360 Å². The van der Waals surface area contributed by atoms with Crippen LogP contribution in [0.2, 0.25) is 0 Å². The Kier molecular flexibility index (Phi) is 8.39. The van der Waals surface area contributed by atoms with Gasteiger partial charge in [-0.05, 0) is 80.4 Å². The zero-order valence-electron chi connectivity index (χ0n) is 33.7. The Morgan fingerprint density at radius 1 is 0.323 bits per heavy atom. The number of furan rings is 1. The molecule has 0 amide bonds. The van der Waals surface area contributed by atoms with Gasteiger partial charge in [0, 0.05) is 33.0 Å². The third-order valence-corrected chi connectivity index (χ3v) is 12.6. The average Bonchev–Trinajstić information content (AvgIpc) is 3.89. The molecule has 3 heteroatoms. The second-order valence-electron chi connectivity index (χ2n) is 16.1. The van der Waals surface area contributed by atoms with Crippen molar-refractivity contribution in [1.82, 2.24) is 9.97 Å². The van der Waals surface area contributed by atoms with Gasteiger partial charge >= 0.3 is 0 Å². The summed E-state index contributed by atoms with van der Waals surface area (Å²) in [4.78, 5) is 10.5. The van der Waals surface area contributed by atoms with Crippen molar-refractivity contribution < 1.29 is 4.42 Å². The molecule has 0 aliphatic heterocycles. The zero-order valence-corrected chi connectivity index (χ0v) is 33.7. The van der Waals surface area contributed by atoms with E-state index in [1.807, 2.05) is 30.3 Å². The molecule has 0 saturated carbocycles. The summed E-state index contributed by atoms with van der Waals surface area (Å²) in [5.74, 6) is 0.680. The fourth-order valence-electron chi connectivity index (χ4n) is 9.76. The monoisotopic (exact) mass is 790 g/mol. The molecule has 1 aliphatic carbocycles. The standard InChI is InChI=1S/C59H38N2O/c1-4-17-39(18-5-1)58-60-54(38-55(61-58)44-22-15-20-42(36-44)47-29-16-30-51-50-28-11-13-32-56(50)62-57(47)51)43-21-14-19-40(35-43)41-33-34-49-48-27-10-12-31-52(48)59(53(49)37-41,45-23-6-2-7-24-45)46-25-8-3-9-26-46/h1-38H. The Morgan fingerprint density at radius 3 is 1.58 bits per heavy atom. The summed E-state index contributed by atoms with van der Waals surface area (Å²) in [5, 5.41) is 2.23. The quantitative estimate of drug-likeness (QED) is 0.161. The van der Waals surface area contributed by atoms with Gasteiger partial charge in [-0.25, -0.2) is 9.97 Å². The van der Waals surface area contributed by atoms with Crippen molar-refractivity contribution in [1.29, 1.82) is 0 Å². The maximum atomic E-state index is 6.46. The lowest BCUT2D eigenvalue weighted by atomic mass is 9.67. The van der Waals surface area contributed by atoms with Crippen molar-refractivity contribution in [3.63, 3.8) is 0 Å². The van der Waals surface area contributed by atoms with Crippen molar-refractivity contribution in [2.45, 2.75) is 5.41 Å². The first-order chi connectivity index (χ1) is 30.7. The molecule has 12 rings (SSSR count). The van der Waals surface area contributed by atoms with Crippen LogP contribution in [0.15, 0.2) is 235 Å². The van der Waals surface area contributed by atoms with Crippen molar-refractivity contribution in [2.75, 3.05) is 0 Å². The first kappa shape index (κ1) is 35.8. The molecule has 0 spiro atoms. The van der Waals surface area contributed by atoms with E-state index >= 15 is 0 Å². The van der Waals surface area contributed by atoms with Crippen molar-refractivity contribution >= 4 is 21.9 Å². The highest BCUT2D eigenvalue weighted by molar-refractivity contribution is 6.09. The predicted molar refractivity (Wildman–Crippen MR) is 254 cm³/mol. The highest BCUT2D eigenvalue weighted by atomic mass is 16.3. The van der Waals surface area contributed by atoms with Gasteiger partial charge in [-0.15, -0.1) is 0 Å². The summed E-state index contributed by atoms with van der Waals surface area (Å²) < 4.78 is 6.46. The predicted octanol–water partition coefficient (Wildman–Crippen LogP) is 15.1. The molecule has 2 heterocycles. The Bertz CT molecular complexity index is 3420. The topological polar surface area (TPSA) is 38.9 Å². The van der Waals surface area contributed by atoms with E-state index in [0.717, 1.165) is 72.3 Å². The van der Waals surface area contributed by atoms with E-state index in [2.05, 4.69) is 200 Å². The van der Waals surface area contributed by atoms with Crippen LogP contribution in [0.4, 0.5) is 0 Å². The number of fused-ring (bicyclic) bond motifs is 6. The summed E-state index contributed by atoms with van der Waals surface area (Å²) >= 11 is 0. The van der Waals surface area contributed by atoms with E-state index in [1.165, 1.54) is 33.4 Å². The van der Waals surface area contributed by atoms with Gasteiger partial charge in [-0.2, -0.15) is 0 Å². The van der Waals surface area contributed by atoms with Gasteiger partial charge in [-0.3, -0.25) is 0 Å². The van der Waals surface area contributed by atoms with Crippen LogP contribution in [0.5, 0.6) is 0 Å². The van der Waals surface area contributed by atoms with Crippen molar-refractivity contribution in [3.8, 4) is 67.3 Å². The summed E-state index contributed by atoms with van der Waals surface area (Å²) in [6, 6.07) is 82.2. The molecule has 2 aromatic heterocycles. The SMILES string of the molecule is c1ccc(-c2nc(-c3cccc(-c4ccc5c(c4)C(c4ccccc4)(c4ccccc4)c4ccccc4-5)c3)cc(-c3cccc(-c4cccc5c4oc4ccccc45)c3)n2)cc1. The lowest BCUT2D eigenvalue weighted by molar-refractivity contribution is 0.670. The average molecular weight is 791 g/mol. The summed E-state index contributed by atoms with van der Waals surface area (Å²) in [5.41, 5.74) is 18.0. The molecular weight excluding hydrogens is 753 g/mol. The van der Waals surface area contributed by atoms with Gasteiger partial charge in [0.05, 0.1) is 16.8 Å². The van der Waals surface area contributed by atoms with Gasteiger partial charge < -0.3 is 4.42 Å². The number of aromatic nitrogens is 2. The van der Waals surface area contributed by atoms with Crippen LogP contribution in [0, 0.1) is 0 Å². The first-order valence-corrected chi connectivity index (χ1v) is 21.1. The molecule has 9 aromatic carbocycles. The van der Waals surface area contributed by atoms with E-state index in [0.29, 0.717) is 5.82 Å². The largest absolute Gasteiger partial charge is 0.455 e. The molecule has 1 aliphatic rings. The van der Waals surface area contributed by atoms with Crippen LogP contribution >= 0.6 is 0 Å². The number of rotatable bonds is 7. The summed E-state index contributed by atoms with van der Waals surface area (Å²) in [6.07, 6.45) is 0. The van der Waals surface area contributed by atoms with Crippen LogP contribution in [0.25, 0.3) is 89.2 Å². The molecule has 0 unspecified atom stereocenters. The fraction of sp³-hybridized carbons (Fsp3) is 0.0169. The third kappa shape index (κ3) is 5.74. The Morgan fingerprint density at radius 2 is 0.839 bits per heavy atom. The summed E-state index contributed by atoms with van der Waals surface area (Å²) in [6.45, 7) is 0. The van der Waals surface area contributed by atoms with Crippen LogP contribution in [0.1, 0.15) is 22.3 Å². The van der Waals surface area contributed by atoms with Gasteiger partial charge in [-0.1, -0.05) is 200 Å². The smallest absolute Gasteiger partial charge is 0.160 e. The fourth-order valence-corrected chi connectivity index (χ4v) is 9.76. The molecule has 0 radical (unpaired) electrons. The molecule has 0 N–H and O–H groups in total. The number of nitrogens with zero attached hydrogens (tertiary/aromatic N) is 2. The molecule has 290 valence electrons.